The monoisotopic (exact) mass is 298 g/mol. The van der Waals surface area contributed by atoms with Crippen LogP contribution in [0.15, 0.2) is 30.0 Å². The van der Waals surface area contributed by atoms with E-state index in [0.717, 1.165) is 17.9 Å². The average Bonchev–Trinajstić information content (AvgIpc) is 2.77. The second-order valence-corrected chi connectivity index (χ2v) is 6.69. The number of nitriles is 1. The van der Waals surface area contributed by atoms with Gasteiger partial charge in [-0.25, -0.2) is 0 Å². The zero-order chi connectivity index (χ0) is 16.5. The Balaban J connectivity index is 2.40. The summed E-state index contributed by atoms with van der Waals surface area (Å²) in [5.41, 5.74) is 1.84. The van der Waals surface area contributed by atoms with Gasteiger partial charge in [0.25, 0.3) is 0 Å². The molecule has 0 radical (unpaired) electrons. The number of rotatable bonds is 3. The number of Topliss-reactive ketones (excluding diaryl/α,β-unsaturated/α-hetero) is 1. The molecule has 116 valence electrons. The van der Waals surface area contributed by atoms with E-state index in [1.165, 1.54) is 5.56 Å². The summed E-state index contributed by atoms with van der Waals surface area (Å²) in [5.74, 6) is 0.687. The number of allylic oxidation sites excluding steroid dienone is 1. The van der Waals surface area contributed by atoms with Gasteiger partial charge in [-0.15, -0.1) is 0 Å². The Labute approximate surface area is 132 Å². The topological polar surface area (TPSA) is 53.3 Å². The predicted molar refractivity (Wildman–Crippen MR) is 86.8 cm³/mol. The number of carbonyl (C=O) groups is 1. The number of ether oxygens (including phenoxy) is 1. The van der Waals surface area contributed by atoms with Crippen LogP contribution in [0.25, 0.3) is 0 Å². The van der Waals surface area contributed by atoms with Gasteiger partial charge in [0, 0.05) is 23.3 Å². The summed E-state index contributed by atoms with van der Waals surface area (Å²) < 4.78 is 5.25. The van der Waals surface area contributed by atoms with E-state index in [-0.39, 0.29) is 17.4 Å². The molecule has 1 unspecified atom stereocenters. The van der Waals surface area contributed by atoms with Crippen LogP contribution in [0.2, 0.25) is 0 Å². The van der Waals surface area contributed by atoms with Crippen molar-refractivity contribution in [2.75, 3.05) is 12.0 Å². The van der Waals surface area contributed by atoms with Gasteiger partial charge in [-0.05, 0) is 37.1 Å². The molecule has 2 rings (SSSR count). The molecule has 1 aliphatic heterocycles. The van der Waals surface area contributed by atoms with Crippen LogP contribution in [0.5, 0.6) is 5.75 Å². The van der Waals surface area contributed by atoms with Gasteiger partial charge < -0.3 is 9.64 Å². The highest BCUT2D eigenvalue weighted by Gasteiger charge is 2.29. The Kier molecular flexibility index (Phi) is 4.27. The summed E-state index contributed by atoms with van der Waals surface area (Å²) in [6, 6.07) is 8.15. The zero-order valence-corrected chi connectivity index (χ0v) is 13.8. The van der Waals surface area contributed by atoms with Gasteiger partial charge in [-0.2, -0.15) is 5.26 Å². The second-order valence-electron chi connectivity index (χ2n) is 6.69. The average molecular weight is 298 g/mol. The third-order valence-corrected chi connectivity index (χ3v) is 3.87. The van der Waals surface area contributed by atoms with Crippen LogP contribution in [-0.2, 0) is 11.2 Å². The zero-order valence-electron chi connectivity index (χ0n) is 13.8. The molecule has 0 amide bonds. The van der Waals surface area contributed by atoms with Crippen molar-refractivity contribution >= 4 is 11.5 Å². The number of anilines is 1. The lowest BCUT2D eigenvalue weighted by Crippen LogP contribution is -2.27. The van der Waals surface area contributed by atoms with E-state index < -0.39 is 5.41 Å². The van der Waals surface area contributed by atoms with Crippen molar-refractivity contribution in [3.05, 3.63) is 35.5 Å². The SMILES string of the molecule is COc1ccc2c(c1)CC(C)N2/C=C(\C#N)C(=O)C(C)(C)C. The van der Waals surface area contributed by atoms with E-state index >= 15 is 0 Å². The maximum atomic E-state index is 12.4. The molecule has 0 aliphatic carbocycles. The molecule has 4 heteroatoms. The summed E-state index contributed by atoms with van der Waals surface area (Å²) >= 11 is 0. The fraction of sp³-hybridized carbons (Fsp3) is 0.444. The summed E-state index contributed by atoms with van der Waals surface area (Å²) in [4.78, 5) is 14.4. The summed E-state index contributed by atoms with van der Waals surface area (Å²) in [6.45, 7) is 7.56. The molecule has 0 saturated heterocycles. The van der Waals surface area contributed by atoms with Gasteiger partial charge >= 0.3 is 0 Å². The molecule has 1 aliphatic rings. The number of carbonyl (C=O) groups excluding carboxylic acids is 1. The van der Waals surface area contributed by atoms with Crippen molar-refractivity contribution in [1.29, 1.82) is 5.26 Å². The van der Waals surface area contributed by atoms with Crippen LogP contribution in [0.4, 0.5) is 5.69 Å². The van der Waals surface area contributed by atoms with Crippen molar-refractivity contribution in [2.45, 2.75) is 40.2 Å². The van der Waals surface area contributed by atoms with Gasteiger partial charge in [0.2, 0.25) is 0 Å². The van der Waals surface area contributed by atoms with Crippen LogP contribution in [0.3, 0.4) is 0 Å². The fourth-order valence-corrected chi connectivity index (χ4v) is 2.64. The van der Waals surface area contributed by atoms with Crippen molar-refractivity contribution in [2.24, 2.45) is 5.41 Å². The Morgan fingerprint density at radius 2 is 2.14 bits per heavy atom. The van der Waals surface area contributed by atoms with Crippen LogP contribution in [-0.4, -0.2) is 18.9 Å². The molecule has 0 saturated carbocycles. The van der Waals surface area contributed by atoms with Gasteiger partial charge in [0.15, 0.2) is 5.78 Å². The third-order valence-electron chi connectivity index (χ3n) is 3.87. The summed E-state index contributed by atoms with van der Waals surface area (Å²) in [5, 5.41) is 9.35. The lowest BCUT2D eigenvalue weighted by molar-refractivity contribution is -0.122. The molecule has 1 atom stereocenters. The van der Waals surface area contributed by atoms with E-state index in [4.69, 9.17) is 4.74 Å². The molecule has 1 heterocycles. The highest BCUT2D eigenvalue weighted by molar-refractivity contribution is 6.02. The van der Waals surface area contributed by atoms with E-state index in [1.54, 1.807) is 13.3 Å². The van der Waals surface area contributed by atoms with Crippen LogP contribution < -0.4 is 9.64 Å². The number of hydrogen-bond acceptors (Lipinski definition) is 4. The van der Waals surface area contributed by atoms with E-state index in [9.17, 15) is 10.1 Å². The fourth-order valence-electron chi connectivity index (χ4n) is 2.64. The smallest absolute Gasteiger partial charge is 0.180 e. The number of fused-ring (bicyclic) bond motifs is 1. The largest absolute Gasteiger partial charge is 0.497 e. The first-order valence-corrected chi connectivity index (χ1v) is 7.40. The first kappa shape index (κ1) is 16.1. The second kappa shape index (κ2) is 5.84. The lowest BCUT2D eigenvalue weighted by Gasteiger charge is -2.22. The van der Waals surface area contributed by atoms with E-state index in [2.05, 4.69) is 13.0 Å². The van der Waals surface area contributed by atoms with Crippen molar-refractivity contribution < 1.29 is 9.53 Å². The van der Waals surface area contributed by atoms with Crippen LogP contribution in [0.1, 0.15) is 33.3 Å². The van der Waals surface area contributed by atoms with Crippen molar-refractivity contribution in [1.82, 2.24) is 0 Å². The number of benzene rings is 1. The van der Waals surface area contributed by atoms with Crippen LogP contribution in [0, 0.1) is 16.7 Å². The molecule has 4 nitrogen and oxygen atoms in total. The van der Waals surface area contributed by atoms with Crippen molar-refractivity contribution in [3.63, 3.8) is 0 Å². The number of hydrogen-bond donors (Lipinski definition) is 0. The lowest BCUT2D eigenvalue weighted by atomic mass is 9.87. The quantitative estimate of drug-likeness (QED) is 0.633. The third kappa shape index (κ3) is 2.99. The molecule has 1 aromatic rings. The molecule has 22 heavy (non-hydrogen) atoms. The minimum atomic E-state index is -0.562. The Morgan fingerprint density at radius 3 is 2.68 bits per heavy atom. The van der Waals surface area contributed by atoms with E-state index in [0.29, 0.717) is 0 Å². The highest BCUT2D eigenvalue weighted by Crippen LogP contribution is 2.35. The summed E-state index contributed by atoms with van der Waals surface area (Å²) in [6.07, 6.45) is 2.56. The molecule has 0 bridgehead atoms. The van der Waals surface area contributed by atoms with E-state index in [1.807, 2.05) is 43.9 Å². The van der Waals surface area contributed by atoms with Crippen LogP contribution >= 0.6 is 0 Å². The number of nitrogens with zero attached hydrogens (tertiary/aromatic N) is 2. The highest BCUT2D eigenvalue weighted by atomic mass is 16.5. The predicted octanol–water partition coefficient (Wildman–Crippen LogP) is 3.47. The molecule has 0 N–H and O–H groups in total. The maximum Gasteiger partial charge on any atom is 0.180 e. The Hall–Kier alpha value is -2.28. The maximum absolute atomic E-state index is 12.4. The first-order valence-electron chi connectivity index (χ1n) is 7.40. The minimum absolute atomic E-state index is 0.135. The van der Waals surface area contributed by atoms with Gasteiger partial charge in [0.1, 0.15) is 17.4 Å². The summed E-state index contributed by atoms with van der Waals surface area (Å²) in [7, 11) is 1.65. The molecule has 0 spiro atoms. The molecule has 0 aromatic heterocycles. The minimum Gasteiger partial charge on any atom is -0.497 e. The van der Waals surface area contributed by atoms with Gasteiger partial charge in [-0.3, -0.25) is 4.79 Å². The standard InChI is InChI=1S/C18H22N2O2/c1-12-8-13-9-15(22-5)6-7-16(13)20(12)11-14(10-19)17(21)18(2,3)4/h6-7,9,11-12H,8H2,1-5H3/b14-11+. The van der Waals surface area contributed by atoms with Crippen molar-refractivity contribution in [3.8, 4) is 11.8 Å². The molecular formula is C18H22N2O2. The van der Waals surface area contributed by atoms with Gasteiger partial charge in [0.05, 0.1) is 7.11 Å². The Morgan fingerprint density at radius 1 is 1.45 bits per heavy atom. The van der Waals surface area contributed by atoms with Gasteiger partial charge in [-0.1, -0.05) is 20.8 Å². The first-order chi connectivity index (χ1) is 10.3. The number of ketones is 1. The molecular weight excluding hydrogens is 276 g/mol. The normalized spacial score (nSPS) is 17.9. The molecule has 0 fully saturated rings. The molecule has 1 aromatic carbocycles. The Bertz CT molecular complexity index is 663. The number of methoxy groups -OCH3 is 1.